The molecular weight excluding hydrogens is 308 g/mol. The van der Waals surface area contributed by atoms with Crippen molar-refractivity contribution in [2.24, 2.45) is 5.92 Å². The maximum atomic E-state index is 12.1. The zero-order valence-electron chi connectivity index (χ0n) is 13.9. The lowest BCUT2D eigenvalue weighted by Crippen LogP contribution is -2.55. The van der Waals surface area contributed by atoms with Gasteiger partial charge in [0, 0.05) is 5.92 Å². The summed E-state index contributed by atoms with van der Waals surface area (Å²) in [6.45, 7) is 5.62. The van der Waals surface area contributed by atoms with Gasteiger partial charge >= 0.3 is 12.1 Å². The molecule has 0 fully saturated rings. The number of amides is 2. The lowest BCUT2D eigenvalue weighted by molar-refractivity contribution is -0.147. The molecule has 0 spiro atoms. The highest BCUT2D eigenvalue weighted by Crippen LogP contribution is 2.07. The van der Waals surface area contributed by atoms with E-state index in [0.29, 0.717) is 6.29 Å². The van der Waals surface area contributed by atoms with E-state index in [9.17, 15) is 24.3 Å². The van der Waals surface area contributed by atoms with Gasteiger partial charge in [-0.3, -0.25) is 4.79 Å². The topological polar surface area (TPSA) is 131 Å². The minimum atomic E-state index is -1.34. The van der Waals surface area contributed by atoms with Crippen LogP contribution in [0.1, 0.15) is 27.7 Å². The van der Waals surface area contributed by atoms with E-state index in [0.717, 1.165) is 7.11 Å². The van der Waals surface area contributed by atoms with E-state index in [4.69, 9.17) is 4.74 Å². The molecule has 0 heterocycles. The Kier molecular flexibility index (Phi) is 8.23. The van der Waals surface area contributed by atoms with E-state index in [2.05, 4.69) is 15.4 Å². The molecule has 0 aromatic rings. The Morgan fingerprint density at radius 3 is 2.17 bits per heavy atom. The van der Waals surface area contributed by atoms with E-state index in [1.165, 1.54) is 6.92 Å². The minimum Gasteiger partial charge on any atom is -0.467 e. The normalized spacial score (nSPS) is 14.9. The lowest BCUT2D eigenvalue weighted by atomic mass is 10.0. The highest BCUT2D eigenvalue weighted by atomic mass is 16.6. The van der Waals surface area contributed by atoms with Gasteiger partial charge in [-0.1, -0.05) is 6.92 Å². The van der Waals surface area contributed by atoms with Crippen LogP contribution in [0.2, 0.25) is 0 Å². The van der Waals surface area contributed by atoms with Crippen LogP contribution in [0.4, 0.5) is 4.79 Å². The number of aliphatic hydroxyl groups excluding tert-OH is 1. The first kappa shape index (κ1) is 20.8. The van der Waals surface area contributed by atoms with Crippen molar-refractivity contribution < 1.29 is 33.8 Å². The molecular formula is C14H24N2O7. The minimum absolute atomic E-state index is 0.483. The smallest absolute Gasteiger partial charge is 0.408 e. The van der Waals surface area contributed by atoms with Crippen LogP contribution < -0.4 is 10.6 Å². The van der Waals surface area contributed by atoms with E-state index < -0.39 is 48.2 Å². The van der Waals surface area contributed by atoms with Crippen molar-refractivity contribution in [3.63, 3.8) is 0 Å². The molecule has 2 amide bonds. The van der Waals surface area contributed by atoms with Crippen molar-refractivity contribution in [3.8, 4) is 0 Å². The summed E-state index contributed by atoms with van der Waals surface area (Å²) in [5, 5.41) is 13.7. The van der Waals surface area contributed by atoms with Gasteiger partial charge in [-0.25, -0.2) is 9.59 Å². The first-order valence-corrected chi connectivity index (χ1v) is 6.99. The summed E-state index contributed by atoms with van der Waals surface area (Å²) in [4.78, 5) is 46.1. The Morgan fingerprint density at radius 1 is 1.22 bits per heavy atom. The van der Waals surface area contributed by atoms with Crippen LogP contribution in [0.3, 0.4) is 0 Å². The molecule has 3 atom stereocenters. The van der Waals surface area contributed by atoms with Crippen LogP contribution in [0, 0.1) is 5.92 Å². The van der Waals surface area contributed by atoms with E-state index in [1.54, 1.807) is 20.8 Å². The zero-order chi connectivity index (χ0) is 18.2. The molecule has 0 aliphatic heterocycles. The highest BCUT2D eigenvalue weighted by Gasteiger charge is 2.31. The Bertz CT molecular complexity index is 445. The number of carbonyl (C=O) groups is 4. The molecule has 0 aliphatic carbocycles. The van der Waals surface area contributed by atoms with Gasteiger partial charge in [0.15, 0.2) is 0 Å². The van der Waals surface area contributed by atoms with Gasteiger partial charge in [0.2, 0.25) is 5.91 Å². The van der Waals surface area contributed by atoms with Gasteiger partial charge in [-0.05, 0) is 20.8 Å². The molecule has 9 nitrogen and oxygen atoms in total. The summed E-state index contributed by atoms with van der Waals surface area (Å²) < 4.78 is 9.48. The van der Waals surface area contributed by atoms with Gasteiger partial charge in [-0.2, -0.15) is 0 Å². The van der Waals surface area contributed by atoms with Gasteiger partial charge in [0.1, 0.15) is 24.0 Å². The van der Waals surface area contributed by atoms with Crippen molar-refractivity contribution in [1.82, 2.24) is 10.6 Å². The summed E-state index contributed by atoms with van der Waals surface area (Å²) in [5.74, 6) is -2.50. The summed E-state index contributed by atoms with van der Waals surface area (Å²) in [6, 6.07) is -2.56. The number of hydrogen-bond acceptors (Lipinski definition) is 7. The number of esters is 1. The second-order valence-electron chi connectivity index (χ2n) is 5.89. The number of rotatable bonds is 7. The van der Waals surface area contributed by atoms with Crippen LogP contribution in [0.15, 0.2) is 0 Å². The summed E-state index contributed by atoms with van der Waals surface area (Å²) in [5.41, 5.74) is -0.777. The molecule has 0 radical (unpaired) electrons. The third-order valence-electron chi connectivity index (χ3n) is 2.68. The number of carbonyl (C=O) groups excluding carboxylic acids is 4. The average molecular weight is 332 g/mol. The van der Waals surface area contributed by atoms with Crippen molar-refractivity contribution in [3.05, 3.63) is 0 Å². The summed E-state index contributed by atoms with van der Waals surface area (Å²) in [7, 11) is 1.11. The fourth-order valence-electron chi connectivity index (χ4n) is 1.51. The molecule has 3 N–H and O–H groups in total. The maximum Gasteiger partial charge on any atom is 0.408 e. The lowest BCUT2D eigenvalue weighted by Gasteiger charge is -2.24. The average Bonchev–Trinajstić information content (AvgIpc) is 2.46. The molecule has 0 aromatic heterocycles. The van der Waals surface area contributed by atoms with Crippen LogP contribution in [-0.2, 0) is 23.9 Å². The molecule has 0 saturated heterocycles. The van der Waals surface area contributed by atoms with Gasteiger partial charge in [0.05, 0.1) is 13.7 Å². The molecule has 9 heteroatoms. The van der Waals surface area contributed by atoms with Crippen molar-refractivity contribution in [2.75, 3.05) is 13.7 Å². The maximum absolute atomic E-state index is 12.1. The first-order valence-electron chi connectivity index (χ1n) is 6.99. The number of ether oxygens (including phenoxy) is 2. The first-order chi connectivity index (χ1) is 10.6. The molecule has 0 bridgehead atoms. The number of aldehydes is 1. The quantitative estimate of drug-likeness (QED) is 0.417. The Hall–Kier alpha value is -2.16. The molecule has 0 rings (SSSR count). The van der Waals surface area contributed by atoms with Crippen LogP contribution in [0.25, 0.3) is 0 Å². The fraction of sp³-hybridized carbons (Fsp3) is 0.714. The molecule has 132 valence electrons. The van der Waals surface area contributed by atoms with E-state index in [-0.39, 0.29) is 0 Å². The third kappa shape index (κ3) is 7.59. The van der Waals surface area contributed by atoms with Gasteiger partial charge in [0.25, 0.3) is 0 Å². The number of nitrogens with one attached hydrogen (secondary N) is 2. The van der Waals surface area contributed by atoms with Crippen LogP contribution in [-0.4, -0.2) is 60.8 Å². The second-order valence-corrected chi connectivity index (χ2v) is 5.89. The predicted octanol–water partition coefficient (Wildman–Crippen LogP) is -0.635. The SMILES string of the molecule is COC(=O)C(NC(=O)[C@@H](CO)NC(=O)OC(C)(C)C)C(C)C=O. The number of aliphatic hydroxyl groups is 1. The second kappa shape index (κ2) is 9.09. The van der Waals surface area contributed by atoms with E-state index in [1.807, 2.05) is 0 Å². The Labute approximate surface area is 134 Å². The summed E-state index contributed by atoms with van der Waals surface area (Å²) >= 11 is 0. The van der Waals surface area contributed by atoms with Crippen molar-refractivity contribution in [2.45, 2.75) is 45.4 Å². The molecule has 0 aromatic carbocycles. The molecule has 2 unspecified atom stereocenters. The Morgan fingerprint density at radius 2 is 1.78 bits per heavy atom. The van der Waals surface area contributed by atoms with Crippen molar-refractivity contribution in [1.29, 1.82) is 0 Å². The van der Waals surface area contributed by atoms with Crippen LogP contribution in [0.5, 0.6) is 0 Å². The molecule has 0 aliphatic rings. The molecule has 23 heavy (non-hydrogen) atoms. The zero-order valence-corrected chi connectivity index (χ0v) is 13.9. The van der Waals surface area contributed by atoms with Crippen molar-refractivity contribution >= 4 is 24.3 Å². The van der Waals surface area contributed by atoms with E-state index >= 15 is 0 Å². The summed E-state index contributed by atoms with van der Waals surface area (Å²) in [6.07, 6.45) is -0.415. The van der Waals surface area contributed by atoms with Crippen LogP contribution >= 0.6 is 0 Å². The largest absolute Gasteiger partial charge is 0.467 e. The number of alkyl carbamates (subject to hydrolysis) is 1. The van der Waals surface area contributed by atoms with Gasteiger partial charge in [-0.15, -0.1) is 0 Å². The third-order valence-corrected chi connectivity index (χ3v) is 2.68. The molecule has 0 saturated carbocycles. The number of methoxy groups -OCH3 is 1. The standard InChI is InChI=1S/C14H24N2O7/c1-8(6-17)10(12(20)22-5)16-11(19)9(7-18)15-13(21)23-14(2,3)4/h6,8-10,18H,7H2,1-5H3,(H,15,21)(H,16,19)/t8?,9-,10?/m1/s1. The predicted molar refractivity (Wildman–Crippen MR) is 79.4 cm³/mol. The fourth-order valence-corrected chi connectivity index (χ4v) is 1.51. The monoisotopic (exact) mass is 332 g/mol. The van der Waals surface area contributed by atoms with Gasteiger partial charge < -0.3 is 30.0 Å². The Balaban J connectivity index is 4.90. The highest BCUT2D eigenvalue weighted by molar-refractivity contribution is 5.91. The number of hydrogen-bond donors (Lipinski definition) is 3.